The Hall–Kier alpha value is -2.78. The molecule has 1 saturated heterocycles. The first-order valence-corrected chi connectivity index (χ1v) is 11.6. The molecule has 0 radical (unpaired) electrons. The molecule has 2 aromatic heterocycles. The maximum absolute atomic E-state index is 8.53. The lowest BCUT2D eigenvalue weighted by Crippen LogP contribution is -2.31. The van der Waals surface area contributed by atoms with Crippen LogP contribution in [0.25, 0.3) is 0 Å². The highest BCUT2D eigenvalue weighted by Gasteiger charge is 2.19. The fourth-order valence-electron chi connectivity index (χ4n) is 3.62. The van der Waals surface area contributed by atoms with Crippen LogP contribution in [0, 0.1) is 18.3 Å². The molecule has 1 fully saturated rings. The summed E-state index contributed by atoms with van der Waals surface area (Å²) in [7, 11) is 0. The molecule has 9 nitrogen and oxygen atoms in total. The summed E-state index contributed by atoms with van der Waals surface area (Å²) in [5.41, 5.74) is 2.86. The van der Waals surface area contributed by atoms with Crippen molar-refractivity contribution in [3.8, 4) is 0 Å². The van der Waals surface area contributed by atoms with E-state index in [1.165, 1.54) is 0 Å². The van der Waals surface area contributed by atoms with Gasteiger partial charge < -0.3 is 31.4 Å². The highest BCUT2D eigenvalue weighted by Crippen LogP contribution is 2.29. The maximum Gasteiger partial charge on any atom is 0.225 e. The molecule has 0 unspecified atom stereocenters. The predicted octanol–water partition coefficient (Wildman–Crippen LogP) is 3.56. The van der Waals surface area contributed by atoms with Gasteiger partial charge in [-0.2, -0.15) is 4.98 Å². The molecule has 3 rings (SSSR count). The number of anilines is 4. The first-order chi connectivity index (χ1) is 15.6. The second kappa shape index (κ2) is 12.3. The smallest absolute Gasteiger partial charge is 0.225 e. The van der Waals surface area contributed by atoms with Crippen molar-refractivity contribution in [1.82, 2.24) is 20.3 Å². The zero-order valence-corrected chi connectivity index (χ0v) is 19.4. The van der Waals surface area contributed by atoms with Gasteiger partial charge in [0, 0.05) is 25.9 Å². The Kier molecular flexibility index (Phi) is 9.18. The van der Waals surface area contributed by atoms with Crippen molar-refractivity contribution >= 4 is 29.0 Å². The molecular weight excluding hydrogens is 404 g/mol. The summed E-state index contributed by atoms with van der Waals surface area (Å²) in [5, 5.41) is 22.1. The van der Waals surface area contributed by atoms with Crippen LogP contribution in [0.5, 0.6) is 0 Å². The normalized spacial score (nSPS) is 14.2. The number of aryl methyl sites for hydroxylation is 1. The van der Waals surface area contributed by atoms with Crippen LogP contribution in [0.1, 0.15) is 44.4 Å². The van der Waals surface area contributed by atoms with Crippen LogP contribution in [-0.4, -0.2) is 60.1 Å². The number of hydrogen-bond donors (Lipinski definition) is 5. The number of aromatic nitrogens is 3. The predicted molar refractivity (Wildman–Crippen MR) is 130 cm³/mol. The number of ether oxygens (including phenoxy) is 1. The summed E-state index contributed by atoms with van der Waals surface area (Å²) in [5.74, 6) is 2.43. The highest BCUT2D eigenvalue weighted by molar-refractivity contribution is 6.03. The molecule has 3 heterocycles. The van der Waals surface area contributed by atoms with Gasteiger partial charge in [-0.15, -0.1) is 0 Å². The van der Waals surface area contributed by atoms with Gasteiger partial charge in [0.2, 0.25) is 5.95 Å². The monoisotopic (exact) mass is 440 g/mol. The Balaban J connectivity index is 1.90. The third kappa shape index (κ3) is 6.86. The number of hydrogen-bond acceptors (Lipinski definition) is 9. The molecule has 1 aliphatic rings. The van der Waals surface area contributed by atoms with Crippen LogP contribution < -0.4 is 21.3 Å². The molecule has 2 aromatic rings. The molecule has 9 heteroatoms. The summed E-state index contributed by atoms with van der Waals surface area (Å²) in [6, 6.07) is 3.93. The fourth-order valence-corrected chi connectivity index (χ4v) is 3.62. The molecule has 1 aliphatic heterocycles. The molecule has 174 valence electrons. The third-order valence-electron chi connectivity index (χ3n) is 5.47. The standard InChI is InChI=1S/C23H36N8O/c1-4-18(24)20-21(27-12-13-32-5-2)22(29-19-14-16(3)6-11-26-19)31-23(30-20)28-15-17-7-9-25-10-8-17/h6,11,14,17,24-25,27H,4-5,7-10,12-13,15H2,1-3H3,(H2,26,28,29,30,31). The van der Waals surface area contributed by atoms with Crippen molar-refractivity contribution in [3.63, 3.8) is 0 Å². The number of piperidine rings is 1. The lowest BCUT2D eigenvalue weighted by Gasteiger charge is -2.23. The van der Waals surface area contributed by atoms with Gasteiger partial charge in [-0.3, -0.25) is 0 Å². The molecule has 0 atom stereocenters. The minimum absolute atomic E-state index is 0.455. The molecule has 32 heavy (non-hydrogen) atoms. The van der Waals surface area contributed by atoms with Crippen LogP contribution in [-0.2, 0) is 4.74 Å². The summed E-state index contributed by atoms with van der Waals surface area (Å²) in [6.45, 7) is 10.7. The second-order valence-electron chi connectivity index (χ2n) is 7.99. The molecule has 0 saturated carbocycles. The van der Waals surface area contributed by atoms with Crippen molar-refractivity contribution in [2.45, 2.75) is 40.0 Å². The lowest BCUT2D eigenvalue weighted by molar-refractivity contribution is 0.158. The maximum atomic E-state index is 8.53. The van der Waals surface area contributed by atoms with Gasteiger partial charge in [0.25, 0.3) is 0 Å². The van der Waals surface area contributed by atoms with E-state index in [0.717, 1.165) is 38.0 Å². The van der Waals surface area contributed by atoms with Crippen molar-refractivity contribution < 1.29 is 4.74 Å². The zero-order chi connectivity index (χ0) is 22.8. The number of pyridine rings is 1. The van der Waals surface area contributed by atoms with Crippen LogP contribution in [0.15, 0.2) is 18.3 Å². The average molecular weight is 441 g/mol. The van der Waals surface area contributed by atoms with Crippen LogP contribution in [0.2, 0.25) is 0 Å². The van der Waals surface area contributed by atoms with Crippen LogP contribution >= 0.6 is 0 Å². The molecule has 0 amide bonds. The van der Waals surface area contributed by atoms with Gasteiger partial charge in [-0.1, -0.05) is 6.92 Å². The first kappa shape index (κ1) is 23.9. The highest BCUT2D eigenvalue weighted by atomic mass is 16.5. The van der Waals surface area contributed by atoms with E-state index in [9.17, 15) is 0 Å². The fraction of sp³-hybridized carbons (Fsp3) is 0.565. The van der Waals surface area contributed by atoms with E-state index in [-0.39, 0.29) is 0 Å². The number of rotatable bonds is 12. The van der Waals surface area contributed by atoms with E-state index in [4.69, 9.17) is 20.1 Å². The van der Waals surface area contributed by atoms with E-state index in [0.29, 0.717) is 66.8 Å². The Morgan fingerprint density at radius 1 is 1.22 bits per heavy atom. The molecule has 0 aliphatic carbocycles. The second-order valence-corrected chi connectivity index (χ2v) is 7.99. The molecule has 5 N–H and O–H groups in total. The minimum Gasteiger partial charge on any atom is -0.380 e. The van der Waals surface area contributed by atoms with E-state index < -0.39 is 0 Å². The van der Waals surface area contributed by atoms with E-state index in [2.05, 4.69) is 26.3 Å². The summed E-state index contributed by atoms with van der Waals surface area (Å²) in [4.78, 5) is 13.9. The topological polar surface area (TPSA) is 120 Å². The largest absolute Gasteiger partial charge is 0.380 e. The van der Waals surface area contributed by atoms with Gasteiger partial charge in [0.1, 0.15) is 17.2 Å². The van der Waals surface area contributed by atoms with E-state index >= 15 is 0 Å². The van der Waals surface area contributed by atoms with Gasteiger partial charge in [0.15, 0.2) is 5.82 Å². The molecule has 0 bridgehead atoms. The van der Waals surface area contributed by atoms with Crippen molar-refractivity contribution in [3.05, 3.63) is 29.6 Å². The summed E-state index contributed by atoms with van der Waals surface area (Å²) < 4.78 is 5.48. The van der Waals surface area contributed by atoms with E-state index in [1.807, 2.05) is 32.9 Å². The van der Waals surface area contributed by atoms with Crippen molar-refractivity contribution in [2.24, 2.45) is 5.92 Å². The van der Waals surface area contributed by atoms with Gasteiger partial charge >= 0.3 is 0 Å². The van der Waals surface area contributed by atoms with Gasteiger partial charge in [-0.25, -0.2) is 9.97 Å². The quantitative estimate of drug-likeness (QED) is 0.251. The molecular formula is C23H36N8O. The third-order valence-corrected chi connectivity index (χ3v) is 5.47. The zero-order valence-electron chi connectivity index (χ0n) is 19.4. The van der Waals surface area contributed by atoms with E-state index in [1.54, 1.807) is 6.20 Å². The lowest BCUT2D eigenvalue weighted by atomic mass is 9.98. The Morgan fingerprint density at radius 3 is 2.75 bits per heavy atom. The van der Waals surface area contributed by atoms with Crippen LogP contribution in [0.4, 0.5) is 23.3 Å². The number of nitrogens with zero attached hydrogens (tertiary/aromatic N) is 3. The molecule has 0 spiro atoms. The van der Waals surface area contributed by atoms with Gasteiger partial charge in [-0.05, 0) is 69.8 Å². The number of nitrogens with one attached hydrogen (secondary N) is 5. The Labute approximate surface area is 190 Å². The van der Waals surface area contributed by atoms with Gasteiger partial charge in [0.05, 0.1) is 12.3 Å². The Bertz CT molecular complexity index is 882. The Morgan fingerprint density at radius 2 is 2.03 bits per heavy atom. The SMILES string of the molecule is CCOCCNc1c(Nc2cc(C)ccn2)nc(NCC2CCNCC2)nc1C(=N)CC. The summed E-state index contributed by atoms with van der Waals surface area (Å²) >= 11 is 0. The first-order valence-electron chi connectivity index (χ1n) is 11.6. The van der Waals surface area contributed by atoms with Crippen molar-refractivity contribution in [2.75, 3.05) is 55.3 Å². The molecule has 0 aromatic carbocycles. The van der Waals surface area contributed by atoms with Crippen LogP contribution in [0.3, 0.4) is 0 Å². The summed E-state index contributed by atoms with van der Waals surface area (Å²) in [6.07, 6.45) is 4.62. The minimum atomic E-state index is 0.455. The average Bonchev–Trinajstić information content (AvgIpc) is 2.81. The van der Waals surface area contributed by atoms with Crippen molar-refractivity contribution in [1.29, 1.82) is 5.41 Å².